The van der Waals surface area contributed by atoms with Gasteiger partial charge >= 0.3 is 0 Å². The second-order valence-corrected chi connectivity index (χ2v) is 9.42. The van der Waals surface area contributed by atoms with E-state index in [0.717, 1.165) is 34.7 Å². The van der Waals surface area contributed by atoms with Gasteiger partial charge in [0.1, 0.15) is 12.4 Å². The summed E-state index contributed by atoms with van der Waals surface area (Å²) in [7, 11) is 1.90. The number of amides is 1. The summed E-state index contributed by atoms with van der Waals surface area (Å²) < 4.78 is 7.76. The highest BCUT2D eigenvalue weighted by molar-refractivity contribution is 7.14. The third-order valence-electron chi connectivity index (χ3n) is 5.59. The van der Waals surface area contributed by atoms with Crippen LogP contribution in [0, 0.1) is 6.92 Å². The van der Waals surface area contributed by atoms with Crippen LogP contribution in [-0.4, -0.2) is 20.7 Å². The average Bonchev–Trinajstić information content (AvgIpc) is 3.55. The summed E-state index contributed by atoms with van der Waals surface area (Å²) in [5.41, 5.74) is 6.65. The van der Waals surface area contributed by atoms with Crippen molar-refractivity contribution < 1.29 is 9.53 Å². The van der Waals surface area contributed by atoms with Crippen LogP contribution in [0.15, 0.2) is 41.2 Å². The van der Waals surface area contributed by atoms with Gasteiger partial charge in [0.15, 0.2) is 5.13 Å². The number of aryl methyl sites for hydroxylation is 3. The minimum atomic E-state index is -0.155. The summed E-state index contributed by atoms with van der Waals surface area (Å²) in [6.07, 6.45) is 5.32. The number of rotatable bonds is 6. The number of benzene rings is 1. The number of thiazole rings is 1. The molecule has 4 aromatic rings. The van der Waals surface area contributed by atoms with Crippen molar-refractivity contribution in [1.29, 1.82) is 0 Å². The van der Waals surface area contributed by atoms with Gasteiger partial charge in [-0.25, -0.2) is 4.98 Å². The zero-order chi connectivity index (χ0) is 21.4. The maximum Gasteiger partial charge on any atom is 0.267 e. The Balaban J connectivity index is 1.21. The van der Waals surface area contributed by atoms with Crippen molar-refractivity contribution in [2.24, 2.45) is 7.05 Å². The van der Waals surface area contributed by atoms with Crippen LogP contribution in [0.5, 0.6) is 5.75 Å². The number of nitrogens with one attached hydrogen (secondary N) is 1. The smallest absolute Gasteiger partial charge is 0.267 e. The Bertz CT molecular complexity index is 1250. The van der Waals surface area contributed by atoms with Gasteiger partial charge in [0, 0.05) is 29.2 Å². The van der Waals surface area contributed by atoms with Crippen molar-refractivity contribution in [3.05, 3.63) is 68.5 Å². The molecule has 0 atom stereocenters. The predicted molar refractivity (Wildman–Crippen MR) is 124 cm³/mol. The first-order valence-corrected chi connectivity index (χ1v) is 11.9. The minimum Gasteiger partial charge on any atom is -0.489 e. The summed E-state index contributed by atoms with van der Waals surface area (Å²) in [6, 6.07) is 8.23. The number of carbonyl (C=O) groups is 1. The Kier molecular flexibility index (Phi) is 5.33. The van der Waals surface area contributed by atoms with Crippen LogP contribution in [-0.2, 0) is 26.5 Å². The lowest BCUT2D eigenvalue weighted by Gasteiger charge is -2.07. The van der Waals surface area contributed by atoms with E-state index in [1.165, 1.54) is 46.6 Å². The number of hydrogen-bond acceptors (Lipinski definition) is 6. The fourth-order valence-corrected chi connectivity index (χ4v) is 5.24. The molecule has 1 aliphatic rings. The molecule has 1 N–H and O–H groups in total. The van der Waals surface area contributed by atoms with Crippen LogP contribution < -0.4 is 10.1 Å². The van der Waals surface area contributed by atoms with Gasteiger partial charge in [0.2, 0.25) is 0 Å². The second-order valence-electron chi connectivity index (χ2n) is 7.65. The Morgan fingerprint density at radius 2 is 2.06 bits per heavy atom. The molecule has 0 unspecified atom stereocenters. The molecule has 0 radical (unpaired) electrons. The first-order chi connectivity index (χ1) is 15.1. The first-order valence-electron chi connectivity index (χ1n) is 10.1. The molecule has 0 bridgehead atoms. The van der Waals surface area contributed by atoms with E-state index < -0.39 is 0 Å². The zero-order valence-electron chi connectivity index (χ0n) is 17.3. The van der Waals surface area contributed by atoms with Crippen molar-refractivity contribution in [2.45, 2.75) is 32.8 Å². The van der Waals surface area contributed by atoms with Crippen LogP contribution in [0.1, 0.15) is 38.5 Å². The van der Waals surface area contributed by atoms with E-state index in [-0.39, 0.29) is 5.91 Å². The summed E-state index contributed by atoms with van der Waals surface area (Å²) in [6.45, 7) is 2.45. The zero-order valence-corrected chi connectivity index (χ0v) is 19.0. The molecule has 1 aliphatic carbocycles. The van der Waals surface area contributed by atoms with Crippen LogP contribution in [0.2, 0.25) is 0 Å². The lowest BCUT2D eigenvalue weighted by atomic mass is 10.1. The molecule has 1 aromatic carbocycles. The van der Waals surface area contributed by atoms with Crippen molar-refractivity contribution in [1.82, 2.24) is 14.8 Å². The molecule has 0 saturated carbocycles. The van der Waals surface area contributed by atoms with Crippen LogP contribution >= 0.6 is 22.7 Å². The molecular weight excluding hydrogens is 428 g/mol. The lowest BCUT2D eigenvalue weighted by Crippen LogP contribution is -2.09. The number of ether oxygens (including phenoxy) is 1. The normalized spacial score (nSPS) is 12.7. The van der Waals surface area contributed by atoms with Crippen molar-refractivity contribution in [3.8, 4) is 17.0 Å². The molecule has 0 aliphatic heterocycles. The average molecular weight is 451 g/mol. The van der Waals surface area contributed by atoms with Gasteiger partial charge in [-0.1, -0.05) is 6.07 Å². The van der Waals surface area contributed by atoms with E-state index >= 15 is 0 Å². The van der Waals surface area contributed by atoms with Crippen molar-refractivity contribution in [2.75, 3.05) is 5.32 Å². The van der Waals surface area contributed by atoms with Crippen molar-refractivity contribution in [3.63, 3.8) is 0 Å². The molecule has 1 amide bonds. The first kappa shape index (κ1) is 20.0. The molecule has 158 valence electrons. The van der Waals surface area contributed by atoms with E-state index in [1.807, 2.05) is 41.5 Å². The minimum absolute atomic E-state index is 0.155. The molecule has 0 saturated heterocycles. The number of aromatic nitrogens is 3. The maximum absolute atomic E-state index is 12.7. The fourth-order valence-electron chi connectivity index (χ4n) is 3.74. The largest absolute Gasteiger partial charge is 0.489 e. The van der Waals surface area contributed by atoms with Crippen molar-refractivity contribution >= 4 is 33.7 Å². The Morgan fingerprint density at radius 1 is 1.19 bits per heavy atom. The lowest BCUT2D eigenvalue weighted by molar-refractivity contribution is 0.103. The summed E-state index contributed by atoms with van der Waals surface area (Å²) in [5, 5.41) is 11.6. The molecule has 3 heterocycles. The van der Waals surface area contributed by atoms with Gasteiger partial charge in [0.05, 0.1) is 16.8 Å². The molecular formula is C23H22N4O2S2. The van der Waals surface area contributed by atoms with Gasteiger partial charge in [-0.15, -0.1) is 22.7 Å². The topological polar surface area (TPSA) is 69.0 Å². The highest BCUT2D eigenvalue weighted by Crippen LogP contribution is 2.29. The van der Waals surface area contributed by atoms with Gasteiger partial charge < -0.3 is 4.74 Å². The molecule has 0 spiro atoms. The molecule has 31 heavy (non-hydrogen) atoms. The van der Waals surface area contributed by atoms with E-state index in [1.54, 1.807) is 6.20 Å². The van der Waals surface area contributed by atoms with Gasteiger partial charge in [0.25, 0.3) is 5.91 Å². The standard InChI is InChI=1S/C23H22N4O2S2/c1-14-19(10-24-27(14)2)20-13-31-23(25-20)26-22(28)21-8-15(12-30-21)11-29-18-7-6-16-4-3-5-17(16)9-18/h6-10,12-13H,3-5,11H2,1-2H3,(H,25,26,28). The number of hydrogen-bond donors (Lipinski definition) is 1. The Morgan fingerprint density at radius 3 is 2.90 bits per heavy atom. The van der Waals surface area contributed by atoms with Crippen LogP contribution in [0.25, 0.3) is 11.3 Å². The van der Waals surface area contributed by atoms with E-state index in [4.69, 9.17) is 4.74 Å². The quantitative estimate of drug-likeness (QED) is 0.437. The number of nitrogens with zero attached hydrogens (tertiary/aromatic N) is 3. The monoisotopic (exact) mass is 450 g/mol. The third-order valence-corrected chi connectivity index (χ3v) is 7.32. The number of anilines is 1. The number of fused-ring (bicyclic) bond motifs is 1. The van der Waals surface area contributed by atoms with Gasteiger partial charge in [-0.2, -0.15) is 5.10 Å². The summed E-state index contributed by atoms with van der Waals surface area (Å²) in [4.78, 5) is 17.8. The SMILES string of the molecule is Cc1c(-c2csc(NC(=O)c3cc(COc4ccc5c(c4)CCC5)cs3)n2)cnn1C. The molecule has 0 fully saturated rings. The predicted octanol–water partition coefficient (Wildman–Crippen LogP) is 5.23. The Hall–Kier alpha value is -2.97. The van der Waals surface area contributed by atoms with Crippen LogP contribution in [0.3, 0.4) is 0 Å². The summed E-state index contributed by atoms with van der Waals surface area (Å²) in [5.74, 6) is 0.733. The van der Waals surface area contributed by atoms with E-state index in [0.29, 0.717) is 16.6 Å². The molecule has 5 rings (SSSR count). The molecule has 3 aromatic heterocycles. The third kappa shape index (κ3) is 4.13. The van der Waals surface area contributed by atoms with E-state index in [2.05, 4.69) is 27.5 Å². The molecule has 8 heteroatoms. The van der Waals surface area contributed by atoms with Crippen LogP contribution in [0.4, 0.5) is 5.13 Å². The highest BCUT2D eigenvalue weighted by atomic mass is 32.1. The Labute approximate surface area is 188 Å². The summed E-state index contributed by atoms with van der Waals surface area (Å²) >= 11 is 2.82. The van der Waals surface area contributed by atoms with Gasteiger partial charge in [-0.3, -0.25) is 14.8 Å². The van der Waals surface area contributed by atoms with Gasteiger partial charge in [-0.05, 0) is 60.9 Å². The molecule has 6 nitrogen and oxygen atoms in total. The number of carbonyl (C=O) groups excluding carboxylic acids is 1. The second kappa shape index (κ2) is 8.28. The van der Waals surface area contributed by atoms with E-state index in [9.17, 15) is 4.79 Å². The fraction of sp³-hybridized carbons (Fsp3) is 0.261. The highest BCUT2D eigenvalue weighted by Gasteiger charge is 2.15. The number of thiophene rings is 1. The maximum atomic E-state index is 12.7.